The summed E-state index contributed by atoms with van der Waals surface area (Å²) in [6, 6.07) is 0. The molecule has 0 aromatic heterocycles. The van der Waals surface area contributed by atoms with Crippen molar-refractivity contribution in [2.75, 3.05) is 13.2 Å². The number of ether oxygens (including phenoxy) is 4. The van der Waals surface area contributed by atoms with E-state index in [0.29, 0.717) is 102 Å². The average molecular weight is 726 g/mol. The zero-order valence-electron chi connectivity index (χ0n) is 33.1. The van der Waals surface area contributed by atoms with Gasteiger partial charge in [0.25, 0.3) is 0 Å². The number of rotatable bonds is 15. The van der Waals surface area contributed by atoms with Gasteiger partial charge in [0.15, 0.2) is 5.79 Å². The second kappa shape index (κ2) is 16.3. The molecular formula is C43H67NO8. The SMILES string of the molecule is C=C(CCCC(=O)C1(CCC(C)CN)CCC(C2C=C(C)C(=O)O2)=C(C)C1/C=C(\C)C(O)CC)CC1CCC(C)(O)C2(CCC3(CC(C)CO3)O2)O1. The van der Waals surface area contributed by atoms with E-state index in [-0.39, 0.29) is 29.7 Å². The molecule has 0 saturated carbocycles. The van der Waals surface area contributed by atoms with Gasteiger partial charge in [0.2, 0.25) is 5.79 Å². The van der Waals surface area contributed by atoms with Crippen LogP contribution in [0.4, 0.5) is 0 Å². The Hall–Kier alpha value is -2.14. The average Bonchev–Trinajstić information content (AvgIpc) is 3.77. The molecule has 0 amide bonds. The van der Waals surface area contributed by atoms with Gasteiger partial charge in [-0.1, -0.05) is 44.6 Å². The summed E-state index contributed by atoms with van der Waals surface area (Å²) in [5, 5.41) is 22.3. The Kier molecular flexibility index (Phi) is 12.9. The van der Waals surface area contributed by atoms with Crippen LogP contribution in [0.15, 0.2) is 46.6 Å². The molecule has 3 fully saturated rings. The third-order valence-electron chi connectivity index (χ3n) is 13.1. The quantitative estimate of drug-likeness (QED) is 0.116. The molecule has 4 aliphatic heterocycles. The van der Waals surface area contributed by atoms with Crippen molar-refractivity contribution in [3.05, 3.63) is 46.6 Å². The first-order valence-electron chi connectivity index (χ1n) is 20.1. The fraction of sp³-hybridized carbons (Fsp3) is 0.767. The zero-order chi connectivity index (χ0) is 38.1. The molecular weight excluding hydrogens is 658 g/mol. The number of aliphatic hydroxyl groups is 2. The van der Waals surface area contributed by atoms with Crippen LogP contribution in [0.3, 0.4) is 0 Å². The number of aliphatic hydroxyl groups excluding tert-OH is 1. The van der Waals surface area contributed by atoms with Gasteiger partial charge in [0.1, 0.15) is 17.5 Å². The summed E-state index contributed by atoms with van der Waals surface area (Å²) < 4.78 is 25.1. The van der Waals surface area contributed by atoms with Crippen LogP contribution in [0.5, 0.6) is 0 Å². The van der Waals surface area contributed by atoms with Gasteiger partial charge in [0, 0.05) is 42.6 Å². The standard InChI is InChI=1S/C43H67NO8/c1-9-36(45)30(5)22-35-32(7)34(37-23-31(6)39(47)50-37)15-18-41(35,17-13-28(3)25-44)38(46)12-10-11-27(2)21-33-14-16-40(8,48)43(51-33)20-19-42(52-43)24-29(4)26-49-42/h22-23,28-29,33,35-37,45,48H,2,9-21,24-26,44H2,1,3-8H3/b30-22+. The minimum Gasteiger partial charge on any atom is -0.450 e. The monoisotopic (exact) mass is 725 g/mol. The summed E-state index contributed by atoms with van der Waals surface area (Å²) in [6.45, 7) is 19.5. The number of hydrogen-bond acceptors (Lipinski definition) is 9. The van der Waals surface area contributed by atoms with Crippen molar-refractivity contribution in [2.45, 2.75) is 174 Å². The highest BCUT2D eigenvalue weighted by Gasteiger charge is 2.63. The fourth-order valence-electron chi connectivity index (χ4n) is 9.55. The van der Waals surface area contributed by atoms with Crippen molar-refractivity contribution in [3.8, 4) is 0 Å². The number of nitrogens with two attached hydrogens (primary N) is 1. The normalized spacial score (nSPS) is 37.8. The third-order valence-corrected chi connectivity index (χ3v) is 13.1. The largest absolute Gasteiger partial charge is 0.450 e. The Balaban J connectivity index is 1.30. The van der Waals surface area contributed by atoms with Crippen LogP contribution in [0, 0.1) is 23.2 Å². The maximum atomic E-state index is 14.7. The number of hydrogen-bond donors (Lipinski definition) is 3. The molecule has 5 rings (SSSR count). The van der Waals surface area contributed by atoms with Gasteiger partial charge in [0.05, 0.1) is 18.8 Å². The molecule has 292 valence electrons. The Morgan fingerprint density at radius 2 is 1.94 bits per heavy atom. The van der Waals surface area contributed by atoms with E-state index in [1.165, 1.54) is 0 Å². The number of ketones is 1. The van der Waals surface area contributed by atoms with E-state index in [1.54, 1.807) is 6.92 Å². The summed E-state index contributed by atoms with van der Waals surface area (Å²) in [7, 11) is 0. The molecule has 0 radical (unpaired) electrons. The van der Waals surface area contributed by atoms with Crippen LogP contribution >= 0.6 is 0 Å². The highest BCUT2D eigenvalue weighted by atomic mass is 16.8. The number of esters is 1. The summed E-state index contributed by atoms with van der Waals surface area (Å²) >= 11 is 0. The molecule has 10 unspecified atom stereocenters. The van der Waals surface area contributed by atoms with Crippen molar-refractivity contribution < 1.29 is 38.7 Å². The molecule has 5 aliphatic rings. The van der Waals surface area contributed by atoms with Gasteiger partial charge in [-0.25, -0.2) is 4.79 Å². The third kappa shape index (κ3) is 8.40. The van der Waals surface area contributed by atoms with Crippen molar-refractivity contribution in [2.24, 2.45) is 28.9 Å². The number of Topliss-reactive ketones (excluding diaryl/α,β-unsaturated/α-hetero) is 1. The second-order valence-corrected chi connectivity index (χ2v) is 17.4. The molecule has 4 N–H and O–H groups in total. The van der Waals surface area contributed by atoms with E-state index in [1.807, 2.05) is 26.8 Å². The topological polar surface area (TPSA) is 138 Å². The highest BCUT2D eigenvalue weighted by molar-refractivity contribution is 5.91. The van der Waals surface area contributed by atoms with E-state index in [4.69, 9.17) is 24.7 Å². The lowest BCUT2D eigenvalue weighted by Gasteiger charge is -2.49. The maximum absolute atomic E-state index is 14.7. The number of cyclic esters (lactones) is 1. The lowest BCUT2D eigenvalue weighted by atomic mass is 9.58. The Bertz CT molecular complexity index is 1450. The summed E-state index contributed by atoms with van der Waals surface area (Å²) in [5.74, 6) is -1.38. The number of allylic oxidation sites excluding steroid dienone is 2. The zero-order valence-corrected chi connectivity index (χ0v) is 33.1. The van der Waals surface area contributed by atoms with Crippen molar-refractivity contribution >= 4 is 11.8 Å². The van der Waals surface area contributed by atoms with Crippen molar-refractivity contribution in [3.63, 3.8) is 0 Å². The van der Waals surface area contributed by atoms with Crippen LogP contribution < -0.4 is 5.73 Å². The van der Waals surface area contributed by atoms with Crippen LogP contribution in [0.2, 0.25) is 0 Å². The molecule has 3 saturated heterocycles. The molecule has 0 aromatic rings. The van der Waals surface area contributed by atoms with Gasteiger partial charge < -0.3 is 34.9 Å². The van der Waals surface area contributed by atoms with Gasteiger partial charge in [-0.05, 0) is 128 Å². The van der Waals surface area contributed by atoms with Crippen molar-refractivity contribution in [1.29, 1.82) is 0 Å². The summed E-state index contributed by atoms with van der Waals surface area (Å²) in [5.41, 5.74) is 8.92. The molecule has 10 atom stereocenters. The van der Waals surface area contributed by atoms with Gasteiger partial charge >= 0.3 is 5.97 Å². The smallest absolute Gasteiger partial charge is 0.334 e. The fourth-order valence-corrected chi connectivity index (χ4v) is 9.55. The number of carbonyl (C=O) groups excluding carboxylic acids is 2. The molecule has 2 spiro atoms. The molecule has 1 aliphatic carbocycles. The molecule has 9 heteroatoms. The van der Waals surface area contributed by atoms with Gasteiger partial charge in [-0.2, -0.15) is 0 Å². The van der Waals surface area contributed by atoms with Crippen LogP contribution in [-0.2, 0) is 28.5 Å². The van der Waals surface area contributed by atoms with Crippen molar-refractivity contribution in [1.82, 2.24) is 0 Å². The van der Waals surface area contributed by atoms with Gasteiger partial charge in [-0.15, -0.1) is 0 Å². The predicted molar refractivity (Wildman–Crippen MR) is 202 cm³/mol. The minimum atomic E-state index is -1.11. The van der Waals surface area contributed by atoms with Crippen LogP contribution in [0.25, 0.3) is 0 Å². The first-order valence-corrected chi connectivity index (χ1v) is 20.1. The first kappa shape index (κ1) is 41.0. The second-order valence-electron chi connectivity index (χ2n) is 17.4. The van der Waals surface area contributed by atoms with E-state index in [9.17, 15) is 19.8 Å². The van der Waals surface area contributed by atoms with E-state index in [2.05, 4.69) is 33.4 Å². The Morgan fingerprint density at radius 1 is 1.19 bits per heavy atom. The van der Waals surface area contributed by atoms with E-state index < -0.39 is 34.8 Å². The molecule has 52 heavy (non-hydrogen) atoms. The Labute approximate surface area is 312 Å². The molecule has 0 aromatic carbocycles. The lowest BCUT2D eigenvalue weighted by molar-refractivity contribution is -0.384. The van der Waals surface area contributed by atoms with Gasteiger partial charge in [-0.3, -0.25) is 4.79 Å². The number of carbonyl (C=O) groups is 2. The molecule has 9 nitrogen and oxygen atoms in total. The van der Waals surface area contributed by atoms with Crippen LogP contribution in [0.1, 0.15) is 138 Å². The Morgan fingerprint density at radius 3 is 2.58 bits per heavy atom. The van der Waals surface area contributed by atoms with E-state index in [0.717, 1.165) is 35.1 Å². The molecule has 0 bridgehead atoms. The molecule has 4 heterocycles. The predicted octanol–water partition coefficient (Wildman–Crippen LogP) is 7.54. The first-order chi connectivity index (χ1) is 24.5. The van der Waals surface area contributed by atoms with Crippen LogP contribution in [-0.4, -0.2) is 70.6 Å². The summed E-state index contributed by atoms with van der Waals surface area (Å²) in [6.07, 6.45) is 12.1. The maximum Gasteiger partial charge on any atom is 0.334 e. The minimum absolute atomic E-state index is 0.129. The summed E-state index contributed by atoms with van der Waals surface area (Å²) in [4.78, 5) is 27.1. The van der Waals surface area contributed by atoms with E-state index >= 15 is 0 Å². The lowest BCUT2D eigenvalue weighted by Crippen LogP contribution is -2.60. The highest BCUT2D eigenvalue weighted by Crippen LogP contribution is 2.55.